The number of benzene rings is 1. The van der Waals surface area contributed by atoms with Gasteiger partial charge in [-0.2, -0.15) is 0 Å². The molecule has 1 aromatic carbocycles. The molecule has 0 atom stereocenters. The van der Waals surface area contributed by atoms with E-state index in [2.05, 4.69) is 0 Å². The van der Waals surface area contributed by atoms with Gasteiger partial charge >= 0.3 is 0 Å². The van der Waals surface area contributed by atoms with E-state index >= 15 is 0 Å². The molecule has 0 amide bonds. The van der Waals surface area contributed by atoms with Crippen LogP contribution in [0.1, 0.15) is 17.3 Å². The van der Waals surface area contributed by atoms with Crippen LogP contribution in [0.5, 0.6) is 0 Å². The van der Waals surface area contributed by atoms with Gasteiger partial charge in [-0.15, -0.1) is 0 Å². The summed E-state index contributed by atoms with van der Waals surface area (Å²) >= 11 is 0. The molecule has 0 N–H and O–H groups in total. The van der Waals surface area contributed by atoms with E-state index in [9.17, 15) is 9.59 Å². The molecule has 2 heterocycles. The third-order valence-corrected chi connectivity index (χ3v) is 3.65. The Morgan fingerprint density at radius 1 is 1.14 bits per heavy atom. The second-order valence-corrected chi connectivity index (χ2v) is 5.20. The number of hydrogen-bond donors (Lipinski definition) is 0. The Hall–Kier alpha value is -2.40. The van der Waals surface area contributed by atoms with Gasteiger partial charge in [-0.25, -0.2) is 0 Å². The first-order chi connectivity index (χ1) is 10.6. The molecule has 2 aromatic rings. The van der Waals surface area contributed by atoms with Gasteiger partial charge in [0.15, 0.2) is 17.1 Å². The number of ketones is 1. The average molecular weight is 299 g/mol. The van der Waals surface area contributed by atoms with Gasteiger partial charge in [0.1, 0.15) is 5.76 Å². The quantitative estimate of drug-likeness (QED) is 0.814. The fourth-order valence-corrected chi connectivity index (χ4v) is 2.54. The van der Waals surface area contributed by atoms with Gasteiger partial charge < -0.3 is 14.1 Å². The van der Waals surface area contributed by atoms with Gasteiger partial charge in [0, 0.05) is 36.3 Å². The predicted molar refractivity (Wildman–Crippen MR) is 83.5 cm³/mol. The van der Waals surface area contributed by atoms with Crippen LogP contribution >= 0.6 is 0 Å². The van der Waals surface area contributed by atoms with Crippen LogP contribution in [-0.2, 0) is 4.74 Å². The average Bonchev–Trinajstić information content (AvgIpc) is 2.55. The molecule has 1 aliphatic rings. The summed E-state index contributed by atoms with van der Waals surface area (Å²) in [4.78, 5) is 25.7. The van der Waals surface area contributed by atoms with Crippen molar-refractivity contribution in [2.45, 2.75) is 6.92 Å². The van der Waals surface area contributed by atoms with Crippen LogP contribution in [0.25, 0.3) is 11.3 Å². The Balaban J connectivity index is 2.06. The van der Waals surface area contributed by atoms with E-state index in [4.69, 9.17) is 9.15 Å². The molecule has 1 aromatic heterocycles. The Bertz CT molecular complexity index is 744. The number of Topliss-reactive ketones (excluding diaryl/α,β-unsaturated/α-hetero) is 1. The third-order valence-electron chi connectivity index (χ3n) is 3.65. The molecule has 0 radical (unpaired) electrons. The summed E-state index contributed by atoms with van der Waals surface area (Å²) in [5, 5.41) is 0. The fraction of sp³-hybridized carbons (Fsp3) is 0.294. The number of morpholine rings is 1. The van der Waals surface area contributed by atoms with E-state index in [1.165, 1.54) is 19.1 Å². The summed E-state index contributed by atoms with van der Waals surface area (Å²) in [6, 6.07) is 10.0. The second kappa shape index (κ2) is 6.15. The number of rotatable bonds is 3. The van der Waals surface area contributed by atoms with Crippen molar-refractivity contribution in [1.29, 1.82) is 0 Å². The summed E-state index contributed by atoms with van der Waals surface area (Å²) in [7, 11) is 0. The molecule has 22 heavy (non-hydrogen) atoms. The van der Waals surface area contributed by atoms with Gasteiger partial charge in [0.05, 0.1) is 13.2 Å². The van der Waals surface area contributed by atoms with Crippen LogP contribution in [0.2, 0.25) is 0 Å². The van der Waals surface area contributed by atoms with Crippen molar-refractivity contribution >= 4 is 11.7 Å². The minimum absolute atomic E-state index is 0.0602. The predicted octanol–water partition coefficient (Wildman–Crippen LogP) is 2.35. The summed E-state index contributed by atoms with van der Waals surface area (Å²) in [6.07, 6.45) is 0. The molecule has 3 rings (SSSR count). The van der Waals surface area contributed by atoms with Gasteiger partial charge in [0.25, 0.3) is 0 Å². The molecule has 5 heteroatoms. The highest BCUT2D eigenvalue weighted by Gasteiger charge is 2.17. The van der Waals surface area contributed by atoms with Crippen LogP contribution in [-0.4, -0.2) is 32.1 Å². The van der Waals surface area contributed by atoms with E-state index in [0.29, 0.717) is 49.1 Å². The summed E-state index contributed by atoms with van der Waals surface area (Å²) in [5.74, 6) is 0.874. The highest BCUT2D eigenvalue weighted by molar-refractivity contribution is 6.00. The molecule has 5 nitrogen and oxygen atoms in total. The molecule has 0 aliphatic carbocycles. The standard InChI is InChI=1S/C17H17NO4/c1-12(19)14-4-2-3-5-15(14)16-10-13(20)11-17(22-16)18-6-8-21-9-7-18/h2-5,10-11H,6-9H2,1H3. The zero-order valence-electron chi connectivity index (χ0n) is 12.4. The SMILES string of the molecule is CC(=O)c1ccccc1-c1cc(=O)cc(N2CCOCC2)o1. The number of hydrogen-bond acceptors (Lipinski definition) is 5. The van der Waals surface area contributed by atoms with Gasteiger partial charge in [0.2, 0.25) is 0 Å². The molecule has 114 valence electrons. The van der Waals surface area contributed by atoms with Crippen molar-refractivity contribution in [3.63, 3.8) is 0 Å². The van der Waals surface area contributed by atoms with E-state index in [1.807, 2.05) is 11.0 Å². The van der Waals surface area contributed by atoms with Crippen LogP contribution in [0.3, 0.4) is 0 Å². The van der Waals surface area contributed by atoms with Gasteiger partial charge in [-0.1, -0.05) is 24.3 Å². The normalized spacial score (nSPS) is 14.9. The van der Waals surface area contributed by atoms with Crippen LogP contribution in [0, 0.1) is 0 Å². The van der Waals surface area contributed by atoms with Crippen LogP contribution in [0.15, 0.2) is 45.6 Å². The Labute approximate surface area is 128 Å². The lowest BCUT2D eigenvalue weighted by molar-refractivity contribution is 0.101. The largest absolute Gasteiger partial charge is 0.440 e. The molecule has 1 saturated heterocycles. The van der Waals surface area contributed by atoms with Crippen molar-refractivity contribution in [3.8, 4) is 11.3 Å². The summed E-state index contributed by atoms with van der Waals surface area (Å²) < 4.78 is 11.2. The smallest absolute Gasteiger partial charge is 0.200 e. The summed E-state index contributed by atoms with van der Waals surface area (Å²) in [5.41, 5.74) is 1.05. The molecule has 0 unspecified atom stereocenters. The van der Waals surface area contributed by atoms with E-state index in [0.717, 1.165) is 0 Å². The maximum Gasteiger partial charge on any atom is 0.200 e. The zero-order chi connectivity index (χ0) is 15.5. The Kier molecular flexibility index (Phi) is 4.06. The Morgan fingerprint density at radius 2 is 1.86 bits per heavy atom. The number of nitrogens with zero attached hydrogens (tertiary/aromatic N) is 1. The van der Waals surface area contributed by atoms with Crippen molar-refractivity contribution in [3.05, 3.63) is 52.2 Å². The van der Waals surface area contributed by atoms with Crippen LogP contribution in [0.4, 0.5) is 5.88 Å². The molecule has 0 saturated carbocycles. The molecule has 0 bridgehead atoms. The van der Waals surface area contributed by atoms with Gasteiger partial charge in [-0.3, -0.25) is 9.59 Å². The van der Waals surface area contributed by atoms with Crippen molar-refractivity contribution in [2.75, 3.05) is 31.2 Å². The third kappa shape index (κ3) is 2.94. The zero-order valence-corrected chi connectivity index (χ0v) is 12.4. The van der Waals surface area contributed by atoms with E-state index < -0.39 is 0 Å². The van der Waals surface area contributed by atoms with Gasteiger partial charge in [-0.05, 0) is 6.92 Å². The molecular weight excluding hydrogens is 282 g/mol. The minimum atomic E-state index is -0.138. The number of carbonyl (C=O) groups is 1. The lowest BCUT2D eigenvalue weighted by Gasteiger charge is -2.27. The topological polar surface area (TPSA) is 59.8 Å². The van der Waals surface area contributed by atoms with Crippen LogP contribution < -0.4 is 10.3 Å². The Morgan fingerprint density at radius 3 is 2.59 bits per heavy atom. The van der Waals surface area contributed by atoms with Crippen molar-refractivity contribution in [1.82, 2.24) is 0 Å². The molecule has 1 aliphatic heterocycles. The maximum atomic E-state index is 12.0. The number of anilines is 1. The number of ether oxygens (including phenoxy) is 1. The van der Waals surface area contributed by atoms with Crippen molar-refractivity contribution in [2.24, 2.45) is 0 Å². The first-order valence-corrected chi connectivity index (χ1v) is 7.23. The fourth-order valence-electron chi connectivity index (χ4n) is 2.54. The maximum absolute atomic E-state index is 12.0. The monoisotopic (exact) mass is 299 g/mol. The van der Waals surface area contributed by atoms with E-state index in [-0.39, 0.29) is 11.2 Å². The van der Waals surface area contributed by atoms with Crippen molar-refractivity contribution < 1.29 is 13.9 Å². The number of carbonyl (C=O) groups excluding carboxylic acids is 1. The molecular formula is C17H17NO4. The minimum Gasteiger partial charge on any atom is -0.440 e. The lowest BCUT2D eigenvalue weighted by Crippen LogP contribution is -2.36. The first-order valence-electron chi connectivity index (χ1n) is 7.23. The first kappa shape index (κ1) is 14.5. The highest BCUT2D eigenvalue weighted by Crippen LogP contribution is 2.26. The highest BCUT2D eigenvalue weighted by atomic mass is 16.5. The molecule has 0 spiro atoms. The second-order valence-electron chi connectivity index (χ2n) is 5.20. The molecule has 1 fully saturated rings. The van der Waals surface area contributed by atoms with E-state index in [1.54, 1.807) is 18.2 Å². The lowest BCUT2D eigenvalue weighted by atomic mass is 10.0. The summed E-state index contributed by atoms with van der Waals surface area (Å²) in [6.45, 7) is 4.08.